The third-order valence-corrected chi connectivity index (χ3v) is 11.2. The second-order valence-electron chi connectivity index (χ2n) is 16.6. The van der Waals surface area contributed by atoms with Crippen LogP contribution in [0.1, 0.15) is 221 Å². The van der Waals surface area contributed by atoms with Gasteiger partial charge >= 0.3 is 5.97 Å². The zero-order chi connectivity index (χ0) is 38.1. The van der Waals surface area contributed by atoms with Crippen molar-refractivity contribution >= 4 is 11.9 Å². The Hall–Kier alpha value is -1.40. The van der Waals surface area contributed by atoms with E-state index in [9.17, 15) is 9.59 Å². The van der Waals surface area contributed by atoms with Gasteiger partial charge < -0.3 is 14.8 Å². The molecule has 3 atom stereocenters. The van der Waals surface area contributed by atoms with E-state index in [1.165, 1.54) is 148 Å². The highest BCUT2D eigenvalue weighted by Gasteiger charge is 2.44. The van der Waals surface area contributed by atoms with Gasteiger partial charge in [0.2, 0.25) is 5.91 Å². The predicted octanol–water partition coefficient (Wildman–Crippen LogP) is 12.7. The Balaban J connectivity index is 2.50. The molecule has 0 unspecified atom stereocenters. The fraction of sp³-hybridized carbons (Fsp3) is 0.913. The largest absolute Gasteiger partial charge is 0.462 e. The summed E-state index contributed by atoms with van der Waals surface area (Å²) in [6.45, 7) is 15.1. The Labute approximate surface area is 323 Å². The molecule has 306 valence electrons. The minimum atomic E-state index is -0.319. The third kappa shape index (κ3) is 26.4. The molecular formula is C46H88N2O4. The first kappa shape index (κ1) is 48.6. The highest BCUT2D eigenvalue weighted by Crippen LogP contribution is 2.39. The molecule has 0 spiro atoms. The number of esters is 1. The van der Waals surface area contributed by atoms with Crippen LogP contribution >= 0.6 is 0 Å². The van der Waals surface area contributed by atoms with Gasteiger partial charge in [-0.3, -0.25) is 14.5 Å². The molecule has 0 aromatic carbocycles. The van der Waals surface area contributed by atoms with Crippen LogP contribution in [0.5, 0.6) is 0 Å². The van der Waals surface area contributed by atoms with E-state index in [0.29, 0.717) is 12.3 Å². The van der Waals surface area contributed by atoms with Crippen LogP contribution in [-0.2, 0) is 19.1 Å². The van der Waals surface area contributed by atoms with Gasteiger partial charge in [0.05, 0.1) is 24.3 Å². The molecule has 1 heterocycles. The van der Waals surface area contributed by atoms with Gasteiger partial charge in [-0.05, 0) is 77.8 Å². The fourth-order valence-corrected chi connectivity index (χ4v) is 7.90. The van der Waals surface area contributed by atoms with Crippen LogP contribution in [0.15, 0.2) is 12.2 Å². The first-order chi connectivity index (χ1) is 25.3. The summed E-state index contributed by atoms with van der Waals surface area (Å²) < 4.78 is 12.5. The number of hydrogen-bond donors (Lipinski definition) is 1. The van der Waals surface area contributed by atoms with E-state index in [2.05, 4.69) is 63.9 Å². The maximum atomic E-state index is 13.3. The first-order valence-electron chi connectivity index (χ1n) is 22.8. The number of carbonyl (C=O) groups excluding carboxylic acids is 2. The molecule has 6 heteroatoms. The number of rotatable bonds is 36. The minimum Gasteiger partial charge on any atom is -0.462 e. The lowest BCUT2D eigenvalue weighted by Gasteiger charge is -2.30. The van der Waals surface area contributed by atoms with E-state index in [1.807, 2.05) is 0 Å². The Morgan fingerprint density at radius 2 is 1.15 bits per heavy atom. The molecule has 1 rings (SSSR count). The standard InChI is InChI=1S/C46H88N2O4/c1-7-11-13-15-17-19-21-23-24-25-27-29-31-33-35-37-43(49)47-42(40-51-44(50)39-48(9-3)10-4)45-41(38-46(5,6)52-45)36-34-32-30-28-26-22-20-18-16-14-12-8-2/h23-24,41-42,45H,7-22,25-40H2,1-6H3,(H,47,49)/b24-23-/t41-,42-,45+/m0/s1. The maximum Gasteiger partial charge on any atom is 0.320 e. The Bertz CT molecular complexity index is 870. The highest BCUT2D eigenvalue weighted by atomic mass is 16.5. The number of nitrogens with one attached hydrogen (secondary N) is 1. The monoisotopic (exact) mass is 733 g/mol. The number of nitrogens with zero attached hydrogens (tertiary/aromatic N) is 1. The molecule has 1 N–H and O–H groups in total. The van der Waals surface area contributed by atoms with Gasteiger partial charge in [-0.2, -0.15) is 0 Å². The van der Waals surface area contributed by atoms with Gasteiger partial charge in [-0.25, -0.2) is 0 Å². The Kier molecular flexibility index (Phi) is 30.8. The lowest BCUT2D eigenvalue weighted by molar-refractivity contribution is -0.148. The van der Waals surface area contributed by atoms with Crippen LogP contribution in [-0.4, -0.2) is 60.8 Å². The lowest BCUT2D eigenvalue weighted by Crippen LogP contribution is -2.49. The van der Waals surface area contributed by atoms with E-state index in [0.717, 1.165) is 38.8 Å². The van der Waals surface area contributed by atoms with E-state index >= 15 is 0 Å². The number of likely N-dealkylation sites (N-methyl/N-ethyl adjacent to an activating group) is 1. The summed E-state index contributed by atoms with van der Waals surface area (Å²) in [7, 11) is 0. The van der Waals surface area contributed by atoms with Crippen molar-refractivity contribution in [2.45, 2.75) is 239 Å². The Morgan fingerprint density at radius 3 is 1.65 bits per heavy atom. The molecule has 0 aromatic rings. The van der Waals surface area contributed by atoms with Gasteiger partial charge in [-0.1, -0.05) is 168 Å². The quantitative estimate of drug-likeness (QED) is 0.0395. The van der Waals surface area contributed by atoms with Crippen LogP contribution in [0.3, 0.4) is 0 Å². The zero-order valence-electron chi connectivity index (χ0n) is 35.6. The fourth-order valence-electron chi connectivity index (χ4n) is 7.90. The predicted molar refractivity (Wildman–Crippen MR) is 223 cm³/mol. The topological polar surface area (TPSA) is 67.9 Å². The van der Waals surface area contributed by atoms with Crippen molar-refractivity contribution in [1.82, 2.24) is 10.2 Å². The van der Waals surface area contributed by atoms with Gasteiger partial charge in [-0.15, -0.1) is 0 Å². The van der Waals surface area contributed by atoms with Gasteiger partial charge in [0.15, 0.2) is 0 Å². The van der Waals surface area contributed by atoms with Crippen LogP contribution in [0.25, 0.3) is 0 Å². The molecule has 0 radical (unpaired) electrons. The average Bonchev–Trinajstić information content (AvgIpc) is 3.44. The summed E-state index contributed by atoms with van der Waals surface area (Å²) in [6, 6.07) is -0.319. The summed E-state index contributed by atoms with van der Waals surface area (Å²) in [5, 5.41) is 3.30. The second kappa shape index (κ2) is 33.0. The molecule has 52 heavy (non-hydrogen) atoms. The van der Waals surface area contributed by atoms with Crippen molar-refractivity contribution in [3.8, 4) is 0 Å². The van der Waals surface area contributed by atoms with Gasteiger partial charge in [0, 0.05) is 6.42 Å². The first-order valence-corrected chi connectivity index (χ1v) is 22.8. The van der Waals surface area contributed by atoms with E-state index in [1.54, 1.807) is 0 Å². The maximum absolute atomic E-state index is 13.3. The van der Waals surface area contributed by atoms with Gasteiger partial charge in [0.1, 0.15) is 6.61 Å². The number of hydrogen-bond acceptors (Lipinski definition) is 5. The average molecular weight is 733 g/mol. The lowest BCUT2D eigenvalue weighted by atomic mass is 9.86. The number of amides is 1. The molecule has 1 aliphatic rings. The molecule has 1 aliphatic heterocycles. The summed E-state index contributed by atoms with van der Waals surface area (Å²) in [6.07, 6.45) is 39.5. The number of carbonyl (C=O) groups is 2. The van der Waals surface area contributed by atoms with Crippen LogP contribution in [0, 0.1) is 5.92 Å². The third-order valence-electron chi connectivity index (χ3n) is 11.2. The minimum absolute atomic E-state index is 0.0554. The van der Waals surface area contributed by atoms with E-state index in [-0.39, 0.29) is 42.8 Å². The van der Waals surface area contributed by atoms with E-state index < -0.39 is 0 Å². The smallest absolute Gasteiger partial charge is 0.320 e. The molecule has 1 amide bonds. The molecule has 6 nitrogen and oxygen atoms in total. The molecule has 1 saturated heterocycles. The summed E-state index contributed by atoms with van der Waals surface area (Å²) in [5.41, 5.74) is -0.246. The summed E-state index contributed by atoms with van der Waals surface area (Å²) in [5.74, 6) is 0.180. The summed E-state index contributed by atoms with van der Waals surface area (Å²) in [4.78, 5) is 28.1. The zero-order valence-corrected chi connectivity index (χ0v) is 35.6. The van der Waals surface area contributed by atoms with Crippen LogP contribution in [0.2, 0.25) is 0 Å². The normalized spacial score (nSPS) is 17.7. The van der Waals surface area contributed by atoms with Crippen molar-refractivity contribution in [3.05, 3.63) is 12.2 Å². The van der Waals surface area contributed by atoms with Gasteiger partial charge in [0.25, 0.3) is 0 Å². The van der Waals surface area contributed by atoms with Crippen molar-refractivity contribution in [2.24, 2.45) is 5.92 Å². The van der Waals surface area contributed by atoms with Crippen molar-refractivity contribution in [2.75, 3.05) is 26.2 Å². The SMILES string of the molecule is CCCCCCCC/C=C\CCCCCCCC(=O)N[C@@H](COC(=O)CN(CC)CC)[C@@H]1OC(C)(C)C[C@@H]1CCCCCCCCCCCCCC. The van der Waals surface area contributed by atoms with Crippen LogP contribution < -0.4 is 5.32 Å². The Morgan fingerprint density at radius 1 is 0.692 bits per heavy atom. The molecule has 1 fully saturated rings. The van der Waals surface area contributed by atoms with Crippen LogP contribution in [0.4, 0.5) is 0 Å². The number of unbranched alkanes of at least 4 members (excludes halogenated alkanes) is 22. The molecule has 0 bridgehead atoms. The summed E-state index contributed by atoms with van der Waals surface area (Å²) >= 11 is 0. The number of ether oxygens (including phenoxy) is 2. The van der Waals surface area contributed by atoms with Crippen molar-refractivity contribution in [3.63, 3.8) is 0 Å². The molecular weight excluding hydrogens is 645 g/mol. The van der Waals surface area contributed by atoms with Crippen molar-refractivity contribution in [1.29, 1.82) is 0 Å². The van der Waals surface area contributed by atoms with Crippen molar-refractivity contribution < 1.29 is 19.1 Å². The molecule has 0 aliphatic carbocycles. The second-order valence-corrected chi connectivity index (χ2v) is 16.6. The van der Waals surface area contributed by atoms with E-state index in [4.69, 9.17) is 9.47 Å². The molecule has 0 aromatic heterocycles. The number of allylic oxidation sites excluding steroid dienone is 2. The highest BCUT2D eigenvalue weighted by molar-refractivity contribution is 5.76. The molecule has 0 saturated carbocycles.